The van der Waals surface area contributed by atoms with Crippen molar-refractivity contribution >= 4 is 33.6 Å². The minimum absolute atomic E-state index is 0.0151. The molecule has 0 spiro atoms. The molecule has 0 saturated heterocycles. The number of carbonyl (C=O) groups excluding carboxylic acids is 2. The van der Waals surface area contributed by atoms with E-state index in [-0.39, 0.29) is 39.8 Å². The summed E-state index contributed by atoms with van der Waals surface area (Å²) in [7, 11) is 0. The monoisotopic (exact) mass is 445 g/mol. The number of carbonyl (C=O) groups is 2. The van der Waals surface area contributed by atoms with Crippen LogP contribution in [0, 0.1) is 13.8 Å². The van der Waals surface area contributed by atoms with E-state index in [2.05, 4.69) is 4.98 Å². The van der Waals surface area contributed by atoms with Gasteiger partial charge in [0, 0.05) is 28.6 Å². The number of esters is 1. The Hall–Kier alpha value is -4.20. The molecule has 8 nitrogen and oxygen atoms in total. The molecular weight excluding hydrogens is 426 g/mol. The van der Waals surface area contributed by atoms with Crippen molar-refractivity contribution < 1.29 is 23.8 Å². The first-order chi connectivity index (χ1) is 15.7. The summed E-state index contributed by atoms with van der Waals surface area (Å²) in [6.07, 6.45) is -0.206. The third-order valence-corrected chi connectivity index (χ3v) is 6.04. The van der Waals surface area contributed by atoms with E-state index in [1.165, 1.54) is 13.0 Å². The van der Waals surface area contributed by atoms with Crippen LogP contribution in [0.1, 0.15) is 51.9 Å². The molecule has 166 valence electrons. The van der Waals surface area contributed by atoms with E-state index in [9.17, 15) is 24.3 Å². The van der Waals surface area contributed by atoms with Gasteiger partial charge in [-0.15, -0.1) is 0 Å². The Labute approximate surface area is 186 Å². The Kier molecular flexibility index (Phi) is 4.49. The lowest BCUT2D eigenvalue weighted by Gasteiger charge is -2.27. The quantitative estimate of drug-likeness (QED) is 0.209. The third-order valence-electron chi connectivity index (χ3n) is 6.04. The van der Waals surface area contributed by atoms with Gasteiger partial charge in [0.1, 0.15) is 16.9 Å². The molecule has 0 amide bonds. The van der Waals surface area contributed by atoms with Crippen molar-refractivity contribution in [2.45, 2.75) is 33.1 Å². The Bertz CT molecular complexity index is 1640. The van der Waals surface area contributed by atoms with Gasteiger partial charge < -0.3 is 19.2 Å². The molecule has 0 radical (unpaired) electrons. The van der Waals surface area contributed by atoms with Crippen molar-refractivity contribution in [3.05, 3.63) is 78.9 Å². The lowest BCUT2D eigenvalue weighted by molar-refractivity contribution is -0.135. The standard InChI is InChI=1S/C25H19NO7/c1-10-4-5-16-13(6-10)8-15(25(31)26-16)14-9-18(29)33-24-20(12(3)27)22(30)19-11(2)7-17(28)32-23(19)21(14)24/h4-8,14,30H,9H2,1-3H3,(H,26,31)/t14-/m1/s1. The minimum atomic E-state index is -0.860. The molecule has 8 heteroatoms. The van der Waals surface area contributed by atoms with Gasteiger partial charge in [-0.3, -0.25) is 14.4 Å². The summed E-state index contributed by atoms with van der Waals surface area (Å²) >= 11 is 0. The van der Waals surface area contributed by atoms with E-state index in [4.69, 9.17) is 9.15 Å². The van der Waals surface area contributed by atoms with Crippen molar-refractivity contribution in [2.24, 2.45) is 0 Å². The number of phenolic OH excluding ortho intramolecular Hbond substituents is 1. The molecule has 1 aliphatic heterocycles. The zero-order valence-electron chi connectivity index (χ0n) is 18.1. The number of ketones is 1. The molecule has 0 saturated carbocycles. The van der Waals surface area contributed by atoms with Gasteiger partial charge >= 0.3 is 11.6 Å². The maximum Gasteiger partial charge on any atom is 0.336 e. The number of phenols is 1. The van der Waals surface area contributed by atoms with Crippen LogP contribution in [-0.2, 0) is 4.79 Å². The van der Waals surface area contributed by atoms with Crippen LogP contribution in [0.2, 0.25) is 0 Å². The van der Waals surface area contributed by atoms with Gasteiger partial charge in [-0.25, -0.2) is 4.79 Å². The van der Waals surface area contributed by atoms with Gasteiger partial charge in [0.25, 0.3) is 5.56 Å². The molecule has 0 bridgehead atoms. The number of fused-ring (bicyclic) bond motifs is 4. The Morgan fingerprint density at radius 2 is 1.88 bits per heavy atom. The van der Waals surface area contributed by atoms with Gasteiger partial charge in [-0.05, 0) is 49.9 Å². The SMILES string of the molecule is CC(=O)c1c2c(c3oc(=O)cc(C)c3c1O)[C@@H](c1cc3cc(C)ccc3[nH]c1=O)CC(=O)O2. The van der Waals surface area contributed by atoms with Gasteiger partial charge in [0.05, 0.1) is 11.8 Å². The van der Waals surface area contributed by atoms with Crippen LogP contribution < -0.4 is 15.9 Å². The van der Waals surface area contributed by atoms with Crippen LogP contribution in [0.3, 0.4) is 0 Å². The largest absolute Gasteiger partial charge is 0.506 e. The number of benzene rings is 2. The summed E-state index contributed by atoms with van der Waals surface area (Å²) in [4.78, 5) is 53.2. The molecule has 0 aliphatic carbocycles. The zero-order chi connectivity index (χ0) is 23.6. The number of hydrogen-bond donors (Lipinski definition) is 2. The third kappa shape index (κ3) is 3.14. The van der Waals surface area contributed by atoms with E-state index >= 15 is 0 Å². The summed E-state index contributed by atoms with van der Waals surface area (Å²) in [6.45, 7) is 4.76. The van der Waals surface area contributed by atoms with E-state index in [0.29, 0.717) is 11.1 Å². The minimum Gasteiger partial charge on any atom is -0.506 e. The first-order valence-corrected chi connectivity index (χ1v) is 10.3. The number of aromatic amines is 1. The number of rotatable bonds is 2. The van der Waals surface area contributed by atoms with E-state index < -0.39 is 34.6 Å². The normalized spacial score (nSPS) is 15.5. The highest BCUT2D eigenvalue weighted by atomic mass is 16.5. The lowest BCUT2D eigenvalue weighted by atomic mass is 9.83. The second-order valence-electron chi connectivity index (χ2n) is 8.35. The second kappa shape index (κ2) is 7.16. The molecule has 2 N–H and O–H groups in total. The molecule has 3 heterocycles. The number of ether oxygens (including phenoxy) is 1. The van der Waals surface area contributed by atoms with E-state index in [1.54, 1.807) is 19.1 Å². The van der Waals surface area contributed by atoms with Gasteiger partial charge in [-0.2, -0.15) is 0 Å². The molecule has 4 aromatic rings. The summed E-state index contributed by atoms with van der Waals surface area (Å²) in [5.41, 5.74) is 1.19. The highest BCUT2D eigenvalue weighted by Crippen LogP contribution is 2.49. The molecular formula is C25H19NO7. The number of hydrogen-bond acceptors (Lipinski definition) is 7. The molecule has 2 aromatic carbocycles. The van der Waals surface area contributed by atoms with Gasteiger partial charge in [-0.1, -0.05) is 11.6 Å². The number of nitrogens with one attached hydrogen (secondary N) is 1. The van der Waals surface area contributed by atoms with Crippen molar-refractivity contribution in [3.63, 3.8) is 0 Å². The number of Topliss-reactive ketones (excluding diaryl/α,β-unsaturated/α-hetero) is 1. The average Bonchev–Trinajstić information content (AvgIpc) is 2.72. The Morgan fingerprint density at radius 3 is 2.61 bits per heavy atom. The number of aromatic hydroxyl groups is 1. The first-order valence-electron chi connectivity index (χ1n) is 10.3. The summed E-state index contributed by atoms with van der Waals surface area (Å²) in [5.74, 6) is -2.69. The number of aromatic nitrogens is 1. The van der Waals surface area contributed by atoms with Crippen LogP contribution in [0.25, 0.3) is 21.9 Å². The molecule has 1 atom stereocenters. The lowest BCUT2D eigenvalue weighted by Crippen LogP contribution is -2.27. The van der Waals surface area contributed by atoms with E-state index in [1.807, 2.05) is 19.1 Å². The van der Waals surface area contributed by atoms with Gasteiger partial charge in [0.15, 0.2) is 11.5 Å². The summed E-state index contributed by atoms with van der Waals surface area (Å²) < 4.78 is 10.9. The average molecular weight is 445 g/mol. The topological polar surface area (TPSA) is 127 Å². The summed E-state index contributed by atoms with van der Waals surface area (Å²) in [6, 6.07) is 8.46. The van der Waals surface area contributed by atoms with Gasteiger partial charge in [0.2, 0.25) is 0 Å². The number of aryl methyl sites for hydroxylation is 2. The van der Waals surface area contributed by atoms with E-state index in [0.717, 1.165) is 10.9 Å². The predicted octanol–water partition coefficient (Wildman–Crippen LogP) is 3.60. The van der Waals surface area contributed by atoms with Crippen molar-refractivity contribution in [1.29, 1.82) is 0 Å². The second-order valence-corrected chi connectivity index (χ2v) is 8.35. The van der Waals surface area contributed by atoms with Crippen molar-refractivity contribution in [3.8, 4) is 11.5 Å². The maximum absolute atomic E-state index is 13.1. The fraction of sp³-hybridized carbons (Fsp3) is 0.200. The fourth-order valence-electron chi connectivity index (χ4n) is 4.60. The van der Waals surface area contributed by atoms with Crippen molar-refractivity contribution in [1.82, 2.24) is 4.98 Å². The first kappa shape index (κ1) is 20.7. The molecule has 0 fully saturated rings. The highest BCUT2D eigenvalue weighted by Gasteiger charge is 2.38. The smallest absolute Gasteiger partial charge is 0.336 e. The molecule has 33 heavy (non-hydrogen) atoms. The molecule has 0 unspecified atom stereocenters. The van der Waals surface area contributed by atoms with Crippen LogP contribution in [0.15, 0.2) is 44.3 Å². The van der Waals surface area contributed by atoms with Crippen LogP contribution in [0.5, 0.6) is 11.5 Å². The van der Waals surface area contributed by atoms with Crippen LogP contribution >= 0.6 is 0 Å². The zero-order valence-corrected chi connectivity index (χ0v) is 18.1. The fourth-order valence-corrected chi connectivity index (χ4v) is 4.60. The molecule has 5 rings (SSSR count). The van der Waals surface area contributed by atoms with Crippen molar-refractivity contribution in [2.75, 3.05) is 0 Å². The van der Waals surface area contributed by atoms with Crippen LogP contribution in [0.4, 0.5) is 0 Å². The number of pyridine rings is 1. The van der Waals surface area contributed by atoms with Crippen LogP contribution in [-0.4, -0.2) is 21.8 Å². The highest BCUT2D eigenvalue weighted by molar-refractivity contribution is 6.09. The Balaban J connectivity index is 1.94. The predicted molar refractivity (Wildman–Crippen MR) is 120 cm³/mol. The Morgan fingerprint density at radius 1 is 1.12 bits per heavy atom. The summed E-state index contributed by atoms with van der Waals surface area (Å²) in [5, 5.41) is 11.8. The maximum atomic E-state index is 13.1. The molecule has 1 aliphatic rings. The molecule has 2 aromatic heterocycles. The number of H-pyrrole nitrogens is 1.